The van der Waals surface area contributed by atoms with Crippen molar-refractivity contribution in [3.8, 4) is 5.69 Å². The van der Waals surface area contributed by atoms with Crippen LogP contribution in [0.1, 0.15) is 0 Å². The van der Waals surface area contributed by atoms with Gasteiger partial charge in [-0.2, -0.15) is 14.6 Å². The molecular formula is C13H7ClN6O. The van der Waals surface area contributed by atoms with Gasteiger partial charge < -0.3 is 0 Å². The van der Waals surface area contributed by atoms with Crippen LogP contribution in [0.25, 0.3) is 22.5 Å². The van der Waals surface area contributed by atoms with E-state index >= 15 is 0 Å². The first-order valence-corrected chi connectivity index (χ1v) is 6.46. The van der Waals surface area contributed by atoms with Crippen LogP contribution >= 0.6 is 11.6 Å². The average molecular weight is 299 g/mol. The molecule has 8 heteroatoms. The number of hydrogen-bond donors (Lipinski definition) is 0. The van der Waals surface area contributed by atoms with Crippen molar-refractivity contribution >= 4 is 28.4 Å². The van der Waals surface area contributed by atoms with Gasteiger partial charge in [0.1, 0.15) is 11.8 Å². The molecule has 0 N–H and O–H groups in total. The standard InChI is InChI=1S/C13H7ClN6O/c14-8-3-1-2-4-9(8)19-6-5-10-11(12(19)21)17-18-13-15-7-16-20(10)13/h1-7H. The highest BCUT2D eigenvalue weighted by Gasteiger charge is 2.12. The van der Waals surface area contributed by atoms with Crippen LogP contribution < -0.4 is 5.56 Å². The summed E-state index contributed by atoms with van der Waals surface area (Å²) in [5.41, 5.74) is 1.03. The maximum absolute atomic E-state index is 12.6. The summed E-state index contributed by atoms with van der Waals surface area (Å²) >= 11 is 6.14. The highest BCUT2D eigenvalue weighted by molar-refractivity contribution is 6.32. The molecule has 0 saturated carbocycles. The summed E-state index contributed by atoms with van der Waals surface area (Å²) in [7, 11) is 0. The second-order valence-electron chi connectivity index (χ2n) is 4.35. The first kappa shape index (κ1) is 12.0. The van der Waals surface area contributed by atoms with Gasteiger partial charge in [-0.1, -0.05) is 23.7 Å². The van der Waals surface area contributed by atoms with Crippen molar-refractivity contribution in [1.29, 1.82) is 0 Å². The number of pyridine rings is 1. The van der Waals surface area contributed by atoms with Crippen LogP contribution in [0.15, 0.2) is 47.7 Å². The van der Waals surface area contributed by atoms with Crippen molar-refractivity contribution in [2.24, 2.45) is 0 Å². The molecular weight excluding hydrogens is 292 g/mol. The molecule has 0 aliphatic carbocycles. The molecule has 0 spiro atoms. The first-order chi connectivity index (χ1) is 10.3. The zero-order valence-corrected chi connectivity index (χ0v) is 11.3. The van der Waals surface area contributed by atoms with Crippen molar-refractivity contribution in [2.75, 3.05) is 0 Å². The summed E-state index contributed by atoms with van der Waals surface area (Å²) in [4.78, 5) is 16.5. The van der Waals surface area contributed by atoms with Crippen molar-refractivity contribution in [3.05, 3.63) is 58.2 Å². The Morgan fingerprint density at radius 1 is 1.10 bits per heavy atom. The first-order valence-electron chi connectivity index (χ1n) is 6.08. The molecule has 3 aromatic heterocycles. The topological polar surface area (TPSA) is 78.0 Å². The zero-order chi connectivity index (χ0) is 14.4. The normalized spacial score (nSPS) is 11.3. The lowest BCUT2D eigenvalue weighted by atomic mass is 10.3. The van der Waals surface area contributed by atoms with Crippen LogP contribution in [0, 0.1) is 0 Å². The van der Waals surface area contributed by atoms with E-state index in [9.17, 15) is 4.79 Å². The van der Waals surface area contributed by atoms with Crippen LogP contribution in [0.5, 0.6) is 0 Å². The Kier molecular flexibility index (Phi) is 2.48. The molecule has 102 valence electrons. The smallest absolute Gasteiger partial charge is 0.281 e. The number of rotatable bonds is 1. The van der Waals surface area contributed by atoms with E-state index in [1.807, 2.05) is 6.07 Å². The van der Waals surface area contributed by atoms with E-state index < -0.39 is 0 Å². The average Bonchev–Trinajstić information content (AvgIpc) is 2.97. The van der Waals surface area contributed by atoms with Crippen molar-refractivity contribution in [1.82, 2.24) is 29.4 Å². The fraction of sp³-hybridized carbons (Fsp3) is 0. The van der Waals surface area contributed by atoms with Crippen LogP contribution in [-0.4, -0.2) is 29.4 Å². The molecule has 1 aromatic carbocycles. The number of nitrogens with zero attached hydrogens (tertiary/aromatic N) is 6. The van der Waals surface area contributed by atoms with E-state index in [0.717, 1.165) is 0 Å². The molecule has 4 aromatic rings. The van der Waals surface area contributed by atoms with Crippen molar-refractivity contribution in [2.45, 2.75) is 0 Å². The Balaban J connectivity index is 2.10. The Hall–Kier alpha value is -2.80. The SMILES string of the molecule is O=c1c2nnc3ncnn3c2ccn1-c1ccccc1Cl. The maximum Gasteiger partial charge on any atom is 0.285 e. The van der Waals surface area contributed by atoms with Gasteiger partial charge in [0, 0.05) is 6.20 Å². The van der Waals surface area contributed by atoms with Gasteiger partial charge in [0.15, 0.2) is 5.52 Å². The van der Waals surface area contributed by atoms with E-state index in [4.69, 9.17) is 11.6 Å². The Morgan fingerprint density at radius 2 is 1.95 bits per heavy atom. The molecule has 0 radical (unpaired) electrons. The predicted octanol–water partition coefficient (Wildman–Crippen LogP) is 1.48. The second-order valence-corrected chi connectivity index (χ2v) is 4.76. The van der Waals surface area contributed by atoms with Gasteiger partial charge in [-0.3, -0.25) is 9.36 Å². The third-order valence-corrected chi connectivity index (χ3v) is 3.47. The Bertz CT molecular complexity index is 1040. The number of benzene rings is 1. The number of aromatic nitrogens is 6. The predicted molar refractivity (Wildman–Crippen MR) is 76.7 cm³/mol. The molecule has 0 saturated heterocycles. The molecule has 21 heavy (non-hydrogen) atoms. The van der Waals surface area contributed by atoms with Crippen molar-refractivity contribution in [3.63, 3.8) is 0 Å². The van der Waals surface area contributed by atoms with E-state index in [0.29, 0.717) is 22.0 Å². The molecule has 7 nitrogen and oxygen atoms in total. The minimum Gasteiger partial charge on any atom is -0.281 e. The van der Waals surface area contributed by atoms with Gasteiger partial charge in [0.05, 0.1) is 10.7 Å². The lowest BCUT2D eigenvalue weighted by Gasteiger charge is -2.08. The Labute approximate surface area is 122 Å². The highest BCUT2D eigenvalue weighted by Crippen LogP contribution is 2.19. The van der Waals surface area contributed by atoms with Gasteiger partial charge in [0.25, 0.3) is 11.3 Å². The molecule has 0 fully saturated rings. The zero-order valence-electron chi connectivity index (χ0n) is 10.5. The summed E-state index contributed by atoms with van der Waals surface area (Å²) in [6.07, 6.45) is 3.00. The number of halogens is 1. The quantitative estimate of drug-likeness (QED) is 0.532. The lowest BCUT2D eigenvalue weighted by molar-refractivity contribution is 0.914. The fourth-order valence-corrected chi connectivity index (χ4v) is 2.41. The molecule has 0 aliphatic rings. The molecule has 0 amide bonds. The van der Waals surface area contributed by atoms with Crippen LogP contribution in [0.4, 0.5) is 0 Å². The van der Waals surface area contributed by atoms with Crippen LogP contribution in [0.3, 0.4) is 0 Å². The van der Waals surface area contributed by atoms with E-state index in [1.54, 1.807) is 30.5 Å². The minimum atomic E-state index is -0.314. The van der Waals surface area contributed by atoms with Crippen LogP contribution in [-0.2, 0) is 0 Å². The van der Waals surface area contributed by atoms with Gasteiger partial charge >= 0.3 is 0 Å². The summed E-state index contributed by atoms with van der Waals surface area (Å²) in [5.74, 6) is 0.345. The van der Waals surface area contributed by atoms with Gasteiger partial charge in [-0.25, -0.2) is 0 Å². The van der Waals surface area contributed by atoms with E-state index in [1.165, 1.54) is 15.4 Å². The third-order valence-electron chi connectivity index (χ3n) is 3.15. The molecule has 0 aliphatic heterocycles. The number of hydrogen-bond acceptors (Lipinski definition) is 5. The number of para-hydroxylation sites is 1. The summed E-state index contributed by atoms with van der Waals surface area (Å²) < 4.78 is 2.91. The summed E-state index contributed by atoms with van der Waals surface area (Å²) in [6, 6.07) is 8.83. The monoisotopic (exact) mass is 298 g/mol. The maximum atomic E-state index is 12.6. The van der Waals surface area contributed by atoms with E-state index in [-0.39, 0.29) is 11.1 Å². The number of fused-ring (bicyclic) bond motifs is 3. The third kappa shape index (κ3) is 1.71. The molecule has 4 rings (SSSR count). The fourth-order valence-electron chi connectivity index (χ4n) is 2.19. The van der Waals surface area contributed by atoms with Gasteiger partial charge in [0.2, 0.25) is 0 Å². The molecule has 0 atom stereocenters. The van der Waals surface area contributed by atoms with Crippen LogP contribution in [0.2, 0.25) is 5.02 Å². The van der Waals surface area contributed by atoms with Crippen molar-refractivity contribution < 1.29 is 0 Å². The van der Waals surface area contributed by atoms with E-state index in [2.05, 4.69) is 20.3 Å². The molecule has 0 bridgehead atoms. The summed E-state index contributed by atoms with van der Waals surface area (Å²) in [6.45, 7) is 0. The van der Waals surface area contributed by atoms with Gasteiger partial charge in [-0.15, -0.1) is 10.2 Å². The largest absolute Gasteiger partial charge is 0.285 e. The molecule has 3 heterocycles. The lowest BCUT2D eigenvalue weighted by Crippen LogP contribution is -2.20. The minimum absolute atomic E-state index is 0.204. The highest BCUT2D eigenvalue weighted by atomic mass is 35.5. The Morgan fingerprint density at radius 3 is 2.81 bits per heavy atom. The van der Waals surface area contributed by atoms with Gasteiger partial charge in [-0.05, 0) is 18.2 Å². The molecule has 0 unspecified atom stereocenters. The second kappa shape index (κ2) is 4.35. The summed E-state index contributed by atoms with van der Waals surface area (Å²) in [5, 5.41) is 12.3.